The molecule has 15 heavy (non-hydrogen) atoms. The van der Waals surface area contributed by atoms with Gasteiger partial charge in [-0.25, -0.2) is 0 Å². The Morgan fingerprint density at radius 3 is 2.40 bits per heavy atom. The average molecular weight is 211 g/mol. The molecule has 0 saturated carbocycles. The van der Waals surface area contributed by atoms with Crippen LogP contribution in [0.15, 0.2) is 41.8 Å². The standard InChI is InChI=1S/C9H11NO3.C2H6/c1-3-6-8(4-2)13-5-7(11)9(6)10-12;1-2/h3-4,7,11-12H,1-2,5H2;1-2H3/b10-9-;. The predicted octanol–water partition coefficient (Wildman–Crippen LogP) is 1.86. The molecule has 0 aromatic rings. The molecule has 1 heterocycles. The van der Waals surface area contributed by atoms with E-state index in [0.29, 0.717) is 11.3 Å². The highest BCUT2D eigenvalue weighted by Crippen LogP contribution is 2.18. The van der Waals surface area contributed by atoms with E-state index in [1.165, 1.54) is 12.2 Å². The summed E-state index contributed by atoms with van der Waals surface area (Å²) in [6, 6.07) is 0. The maximum atomic E-state index is 9.35. The van der Waals surface area contributed by atoms with Gasteiger partial charge in [-0.15, -0.1) is 0 Å². The molecular formula is C11H17NO3. The lowest BCUT2D eigenvalue weighted by Gasteiger charge is -2.22. The van der Waals surface area contributed by atoms with E-state index in [9.17, 15) is 5.11 Å². The van der Waals surface area contributed by atoms with Crippen molar-refractivity contribution in [1.82, 2.24) is 0 Å². The van der Waals surface area contributed by atoms with E-state index in [1.807, 2.05) is 13.8 Å². The van der Waals surface area contributed by atoms with Crippen molar-refractivity contribution in [1.29, 1.82) is 0 Å². The first-order chi connectivity index (χ1) is 7.24. The SMILES string of the molecule is C=CC1=C(C=C)/C(=N/O)C(O)CO1.CC. The Kier molecular flexibility index (Phi) is 6.13. The van der Waals surface area contributed by atoms with Gasteiger partial charge in [0.2, 0.25) is 0 Å². The molecule has 0 spiro atoms. The zero-order valence-electron chi connectivity index (χ0n) is 9.10. The number of oxime groups is 1. The van der Waals surface area contributed by atoms with Gasteiger partial charge in [0.05, 0.1) is 0 Å². The topological polar surface area (TPSA) is 62.1 Å². The van der Waals surface area contributed by atoms with Gasteiger partial charge in [-0.1, -0.05) is 38.2 Å². The summed E-state index contributed by atoms with van der Waals surface area (Å²) in [6.07, 6.45) is 2.02. The molecule has 0 bridgehead atoms. The van der Waals surface area contributed by atoms with E-state index < -0.39 is 6.10 Å². The normalized spacial score (nSPS) is 22.6. The lowest BCUT2D eigenvalue weighted by molar-refractivity contribution is 0.106. The van der Waals surface area contributed by atoms with Crippen LogP contribution in [-0.4, -0.2) is 28.7 Å². The predicted molar refractivity (Wildman–Crippen MR) is 59.9 cm³/mol. The number of rotatable bonds is 2. The van der Waals surface area contributed by atoms with E-state index in [0.717, 1.165) is 0 Å². The Bertz CT molecular complexity index is 292. The molecule has 0 aliphatic carbocycles. The minimum atomic E-state index is -0.915. The van der Waals surface area contributed by atoms with E-state index in [1.54, 1.807) is 0 Å². The van der Waals surface area contributed by atoms with Crippen LogP contribution in [0.3, 0.4) is 0 Å². The molecule has 1 unspecified atom stereocenters. The van der Waals surface area contributed by atoms with Gasteiger partial charge in [0.25, 0.3) is 0 Å². The molecular weight excluding hydrogens is 194 g/mol. The maximum absolute atomic E-state index is 9.35. The molecule has 1 aliphatic heterocycles. The molecule has 4 nitrogen and oxygen atoms in total. The Balaban J connectivity index is 0.000000921. The van der Waals surface area contributed by atoms with Crippen LogP contribution in [0.1, 0.15) is 13.8 Å². The van der Waals surface area contributed by atoms with E-state index in [2.05, 4.69) is 18.3 Å². The summed E-state index contributed by atoms with van der Waals surface area (Å²) in [5.41, 5.74) is 0.632. The van der Waals surface area contributed by atoms with Crippen LogP contribution < -0.4 is 0 Å². The van der Waals surface area contributed by atoms with Crippen LogP contribution in [0, 0.1) is 0 Å². The number of aliphatic hydroxyl groups is 1. The number of aliphatic hydroxyl groups excluding tert-OH is 1. The van der Waals surface area contributed by atoms with Gasteiger partial charge >= 0.3 is 0 Å². The summed E-state index contributed by atoms with van der Waals surface area (Å²) in [6.45, 7) is 11.1. The monoisotopic (exact) mass is 211 g/mol. The molecule has 0 radical (unpaired) electrons. The zero-order valence-corrected chi connectivity index (χ0v) is 9.10. The molecule has 0 aromatic heterocycles. The van der Waals surface area contributed by atoms with E-state index in [-0.39, 0.29) is 12.3 Å². The van der Waals surface area contributed by atoms with Gasteiger partial charge in [0.1, 0.15) is 24.2 Å². The number of hydrogen-bond acceptors (Lipinski definition) is 4. The van der Waals surface area contributed by atoms with Gasteiger partial charge in [0, 0.05) is 5.57 Å². The van der Waals surface area contributed by atoms with Crippen molar-refractivity contribution in [2.75, 3.05) is 6.61 Å². The fourth-order valence-corrected chi connectivity index (χ4v) is 1.13. The first-order valence-corrected chi connectivity index (χ1v) is 4.77. The number of nitrogens with zero attached hydrogens (tertiary/aromatic N) is 1. The Morgan fingerprint density at radius 2 is 2.00 bits per heavy atom. The Labute approximate surface area is 89.9 Å². The summed E-state index contributed by atoms with van der Waals surface area (Å²) >= 11 is 0. The lowest BCUT2D eigenvalue weighted by Crippen LogP contribution is -2.32. The van der Waals surface area contributed by atoms with Crippen LogP contribution in [0.2, 0.25) is 0 Å². The minimum absolute atomic E-state index is 0.0675. The van der Waals surface area contributed by atoms with Gasteiger partial charge in [0.15, 0.2) is 0 Å². The Hall–Kier alpha value is -1.55. The fraction of sp³-hybridized carbons (Fsp3) is 0.364. The molecule has 1 rings (SSSR count). The highest BCUT2D eigenvalue weighted by atomic mass is 16.5. The summed E-state index contributed by atoms with van der Waals surface area (Å²) < 4.78 is 5.12. The van der Waals surface area contributed by atoms with Gasteiger partial charge in [-0.3, -0.25) is 0 Å². The molecule has 1 aliphatic rings. The van der Waals surface area contributed by atoms with Gasteiger partial charge in [-0.2, -0.15) is 0 Å². The maximum Gasteiger partial charge on any atom is 0.134 e. The van der Waals surface area contributed by atoms with Crippen molar-refractivity contribution in [3.63, 3.8) is 0 Å². The lowest BCUT2D eigenvalue weighted by atomic mass is 10.0. The highest BCUT2D eigenvalue weighted by molar-refractivity contribution is 6.06. The summed E-state index contributed by atoms with van der Waals surface area (Å²) in [7, 11) is 0. The molecule has 0 saturated heterocycles. The number of allylic oxidation sites excluding steroid dienone is 2. The zero-order chi connectivity index (χ0) is 11.8. The first-order valence-electron chi connectivity index (χ1n) is 4.77. The van der Waals surface area contributed by atoms with Gasteiger partial charge in [-0.05, 0) is 6.08 Å². The summed E-state index contributed by atoms with van der Waals surface area (Å²) in [5.74, 6) is 0.466. The van der Waals surface area contributed by atoms with Crippen LogP contribution in [0.5, 0.6) is 0 Å². The third kappa shape index (κ3) is 2.95. The van der Waals surface area contributed by atoms with Gasteiger partial charge < -0.3 is 15.1 Å². The summed E-state index contributed by atoms with van der Waals surface area (Å²) in [4.78, 5) is 0. The smallest absolute Gasteiger partial charge is 0.134 e. The second-order valence-corrected chi connectivity index (χ2v) is 2.50. The summed E-state index contributed by atoms with van der Waals surface area (Å²) in [5, 5.41) is 21.0. The number of hydrogen-bond donors (Lipinski definition) is 2. The third-order valence-corrected chi connectivity index (χ3v) is 1.75. The molecule has 4 heteroatoms. The van der Waals surface area contributed by atoms with Crippen molar-refractivity contribution in [2.45, 2.75) is 20.0 Å². The van der Waals surface area contributed by atoms with Crippen LogP contribution >= 0.6 is 0 Å². The average Bonchev–Trinajstić information content (AvgIpc) is 2.31. The van der Waals surface area contributed by atoms with Crippen LogP contribution in [0.25, 0.3) is 0 Å². The van der Waals surface area contributed by atoms with Crippen molar-refractivity contribution in [3.8, 4) is 0 Å². The van der Waals surface area contributed by atoms with Crippen molar-refractivity contribution < 1.29 is 15.1 Å². The van der Waals surface area contributed by atoms with E-state index in [4.69, 9.17) is 9.94 Å². The molecule has 0 amide bonds. The van der Waals surface area contributed by atoms with E-state index >= 15 is 0 Å². The molecule has 1 atom stereocenters. The number of ether oxygens (including phenoxy) is 1. The molecule has 2 N–H and O–H groups in total. The quantitative estimate of drug-likeness (QED) is 0.541. The second-order valence-electron chi connectivity index (χ2n) is 2.50. The largest absolute Gasteiger partial charge is 0.490 e. The van der Waals surface area contributed by atoms with Crippen molar-refractivity contribution in [3.05, 3.63) is 36.6 Å². The molecule has 0 aromatic carbocycles. The fourth-order valence-electron chi connectivity index (χ4n) is 1.13. The second kappa shape index (κ2) is 6.84. The third-order valence-electron chi connectivity index (χ3n) is 1.75. The molecule has 84 valence electrons. The minimum Gasteiger partial charge on any atom is -0.490 e. The Morgan fingerprint density at radius 1 is 1.40 bits per heavy atom. The van der Waals surface area contributed by atoms with Crippen molar-refractivity contribution >= 4 is 5.71 Å². The van der Waals surface area contributed by atoms with Crippen LogP contribution in [-0.2, 0) is 4.74 Å². The highest BCUT2D eigenvalue weighted by Gasteiger charge is 2.25. The first kappa shape index (κ1) is 13.4. The van der Waals surface area contributed by atoms with Crippen molar-refractivity contribution in [2.24, 2.45) is 5.16 Å². The van der Waals surface area contributed by atoms with Crippen LogP contribution in [0.4, 0.5) is 0 Å². The molecule has 0 fully saturated rings.